The minimum atomic E-state index is -3.84. The molecule has 0 saturated carbocycles. The monoisotopic (exact) mass is 425 g/mol. The summed E-state index contributed by atoms with van der Waals surface area (Å²) in [5.41, 5.74) is 0.254. The van der Waals surface area contributed by atoms with E-state index in [9.17, 15) is 22.8 Å². The molecule has 0 atom stereocenters. The lowest BCUT2D eigenvalue weighted by molar-refractivity contribution is -0.151. The molecular weight excluding hydrogens is 398 g/mol. The molecule has 0 aromatic heterocycles. The largest absolute Gasteiger partial charge is 0.455 e. The van der Waals surface area contributed by atoms with Crippen molar-refractivity contribution in [3.05, 3.63) is 41.3 Å². The molecule has 0 aliphatic rings. The normalized spacial score (nSPS) is 11.9. The number of hydrogen-bond acceptors (Lipinski definition) is 6. The average molecular weight is 426 g/mol. The lowest BCUT2D eigenvalue weighted by atomic mass is 10.1. The molecule has 0 unspecified atom stereocenters. The summed E-state index contributed by atoms with van der Waals surface area (Å²) >= 11 is 0. The molecule has 0 heterocycles. The van der Waals surface area contributed by atoms with Gasteiger partial charge in [-0.15, -0.1) is 0 Å². The van der Waals surface area contributed by atoms with Crippen molar-refractivity contribution in [2.75, 3.05) is 26.7 Å². The molecule has 1 aromatic carbocycles. The number of hydrogen-bond donors (Lipinski definition) is 2. The van der Waals surface area contributed by atoms with Gasteiger partial charge in [-0.25, -0.2) is 13.1 Å². The van der Waals surface area contributed by atoms with Gasteiger partial charge in [0.15, 0.2) is 6.61 Å². The Hall–Kier alpha value is -2.72. The molecule has 0 aliphatic carbocycles. The van der Waals surface area contributed by atoms with Gasteiger partial charge in [0, 0.05) is 18.0 Å². The van der Waals surface area contributed by atoms with E-state index in [1.165, 1.54) is 13.1 Å². The molecule has 9 nitrogen and oxygen atoms in total. The number of nitrogens with zero attached hydrogens (tertiary/aromatic N) is 1. The van der Waals surface area contributed by atoms with Crippen molar-refractivity contribution in [3.63, 3.8) is 0 Å². The molecule has 2 N–H and O–H groups in total. The first-order valence-corrected chi connectivity index (χ1v) is 10.4. The van der Waals surface area contributed by atoms with Gasteiger partial charge in [-0.2, -0.15) is 0 Å². The van der Waals surface area contributed by atoms with Crippen LogP contribution in [0.1, 0.15) is 26.3 Å². The molecule has 29 heavy (non-hydrogen) atoms. The van der Waals surface area contributed by atoms with Crippen LogP contribution in [-0.4, -0.2) is 63.4 Å². The molecule has 2 amide bonds. The third-order valence-corrected chi connectivity index (χ3v) is 4.38. The van der Waals surface area contributed by atoms with Gasteiger partial charge in [0.05, 0.1) is 6.54 Å². The minimum absolute atomic E-state index is 0.190. The number of rotatable bonds is 9. The summed E-state index contributed by atoms with van der Waals surface area (Å²) in [5.74, 6) is -1.85. The van der Waals surface area contributed by atoms with Gasteiger partial charge in [-0.05, 0) is 32.4 Å². The lowest BCUT2D eigenvalue weighted by Gasteiger charge is -2.23. The van der Waals surface area contributed by atoms with Gasteiger partial charge >= 0.3 is 5.97 Å². The summed E-state index contributed by atoms with van der Waals surface area (Å²) < 4.78 is 30.5. The second kappa shape index (κ2) is 10.7. The van der Waals surface area contributed by atoms with Crippen LogP contribution < -0.4 is 10.0 Å². The summed E-state index contributed by atoms with van der Waals surface area (Å²) in [7, 11) is -2.44. The topological polar surface area (TPSA) is 122 Å². The maximum Gasteiger partial charge on any atom is 0.321 e. The Morgan fingerprint density at radius 1 is 1.14 bits per heavy atom. The second-order valence-electron chi connectivity index (χ2n) is 7.29. The zero-order valence-corrected chi connectivity index (χ0v) is 17.8. The quantitative estimate of drug-likeness (QED) is 0.556. The van der Waals surface area contributed by atoms with Crippen molar-refractivity contribution in [1.82, 2.24) is 14.9 Å². The van der Waals surface area contributed by atoms with Crippen LogP contribution in [0, 0.1) is 0 Å². The number of sulfonamides is 1. The number of benzene rings is 1. The average Bonchev–Trinajstić information content (AvgIpc) is 2.62. The van der Waals surface area contributed by atoms with E-state index in [1.807, 2.05) is 20.8 Å². The summed E-state index contributed by atoms with van der Waals surface area (Å²) in [4.78, 5) is 36.5. The van der Waals surface area contributed by atoms with E-state index in [-0.39, 0.29) is 12.5 Å². The standard InChI is InChI=1S/C19H27N3O6S/c1-19(2,3)21-16(23)13-22(4)17(24)14-28-18(25)12-20-29(26,27)11-10-15-8-6-5-7-9-15/h5-11,20H,12-14H2,1-4H3,(H,21,23)/b11-10+. The van der Waals surface area contributed by atoms with Crippen LogP contribution >= 0.6 is 0 Å². The molecule has 1 rings (SSSR count). The van der Waals surface area contributed by atoms with Crippen LogP contribution in [0.2, 0.25) is 0 Å². The van der Waals surface area contributed by atoms with E-state index in [0.717, 1.165) is 10.3 Å². The molecule has 0 saturated heterocycles. The third kappa shape index (κ3) is 11.0. The minimum Gasteiger partial charge on any atom is -0.455 e. The highest BCUT2D eigenvalue weighted by atomic mass is 32.2. The van der Waals surface area contributed by atoms with E-state index in [2.05, 4.69) is 10.0 Å². The third-order valence-electron chi connectivity index (χ3n) is 3.33. The summed E-state index contributed by atoms with van der Waals surface area (Å²) in [6.07, 6.45) is 1.38. The molecule has 10 heteroatoms. The first-order chi connectivity index (χ1) is 13.4. The highest BCUT2D eigenvalue weighted by molar-refractivity contribution is 7.92. The van der Waals surface area contributed by atoms with E-state index in [1.54, 1.807) is 30.3 Å². The van der Waals surface area contributed by atoms with E-state index in [4.69, 9.17) is 4.74 Å². The Balaban J connectivity index is 2.39. The van der Waals surface area contributed by atoms with Crippen LogP contribution in [0.4, 0.5) is 0 Å². The molecule has 0 bridgehead atoms. The number of carbonyl (C=O) groups excluding carboxylic acids is 3. The molecule has 160 valence electrons. The molecule has 0 aliphatic heterocycles. The molecule has 0 fully saturated rings. The van der Waals surface area contributed by atoms with Crippen molar-refractivity contribution in [2.45, 2.75) is 26.3 Å². The highest BCUT2D eigenvalue weighted by Gasteiger charge is 2.19. The van der Waals surface area contributed by atoms with Gasteiger partial charge < -0.3 is 15.0 Å². The fourth-order valence-corrected chi connectivity index (χ4v) is 2.76. The Labute approximate surface area is 171 Å². The van der Waals surface area contributed by atoms with E-state index in [0.29, 0.717) is 5.56 Å². The summed E-state index contributed by atoms with van der Waals surface area (Å²) in [6, 6.07) is 8.78. The Bertz CT molecular complexity index is 844. The van der Waals surface area contributed by atoms with Crippen LogP contribution in [0.25, 0.3) is 6.08 Å². The highest BCUT2D eigenvalue weighted by Crippen LogP contribution is 2.02. The van der Waals surface area contributed by atoms with Gasteiger partial charge in [-0.3, -0.25) is 14.4 Å². The summed E-state index contributed by atoms with van der Waals surface area (Å²) in [5, 5.41) is 3.64. The number of likely N-dealkylation sites (N-methyl/N-ethyl adjacent to an activating group) is 1. The van der Waals surface area contributed by atoms with Gasteiger partial charge in [0.25, 0.3) is 5.91 Å². The zero-order chi connectivity index (χ0) is 22.1. The second-order valence-corrected chi connectivity index (χ2v) is 8.94. The molecular formula is C19H27N3O6S. The molecule has 0 radical (unpaired) electrons. The lowest BCUT2D eigenvalue weighted by Crippen LogP contribution is -2.47. The Morgan fingerprint density at radius 3 is 2.34 bits per heavy atom. The predicted molar refractivity (Wildman–Crippen MR) is 109 cm³/mol. The van der Waals surface area contributed by atoms with Crippen LogP contribution in [0.15, 0.2) is 35.7 Å². The van der Waals surface area contributed by atoms with Gasteiger partial charge in [0.2, 0.25) is 15.9 Å². The van der Waals surface area contributed by atoms with Crippen LogP contribution in [0.5, 0.6) is 0 Å². The maximum absolute atomic E-state index is 11.9. The van der Waals surface area contributed by atoms with Crippen molar-refractivity contribution in [2.24, 2.45) is 0 Å². The number of amides is 2. The zero-order valence-electron chi connectivity index (χ0n) is 17.0. The SMILES string of the molecule is CN(CC(=O)NC(C)(C)C)C(=O)COC(=O)CNS(=O)(=O)/C=C/c1ccccc1. The summed E-state index contributed by atoms with van der Waals surface area (Å²) in [6.45, 7) is 4.02. The van der Waals surface area contributed by atoms with Crippen molar-refractivity contribution >= 4 is 33.9 Å². The van der Waals surface area contributed by atoms with Crippen molar-refractivity contribution < 1.29 is 27.5 Å². The Kier molecular flexibility index (Phi) is 8.99. The fraction of sp³-hybridized carbons (Fsp3) is 0.421. The number of nitrogens with one attached hydrogen (secondary N) is 2. The van der Waals surface area contributed by atoms with Crippen LogP contribution in [-0.2, 0) is 29.1 Å². The first-order valence-electron chi connectivity index (χ1n) is 8.81. The molecule has 0 spiro atoms. The van der Waals surface area contributed by atoms with Crippen LogP contribution in [0.3, 0.4) is 0 Å². The maximum atomic E-state index is 11.9. The van der Waals surface area contributed by atoms with Crippen molar-refractivity contribution in [3.8, 4) is 0 Å². The number of carbonyl (C=O) groups is 3. The fourth-order valence-electron chi connectivity index (χ4n) is 2.00. The Morgan fingerprint density at radius 2 is 1.76 bits per heavy atom. The first kappa shape index (κ1) is 24.3. The number of esters is 1. The van der Waals surface area contributed by atoms with Gasteiger partial charge in [-0.1, -0.05) is 30.3 Å². The van der Waals surface area contributed by atoms with Gasteiger partial charge in [0.1, 0.15) is 6.54 Å². The van der Waals surface area contributed by atoms with E-state index >= 15 is 0 Å². The van der Waals surface area contributed by atoms with E-state index < -0.39 is 40.6 Å². The molecule has 1 aromatic rings. The number of ether oxygens (including phenoxy) is 1. The predicted octanol–water partition coefficient (Wildman–Crippen LogP) is 0.493. The van der Waals surface area contributed by atoms with Crippen molar-refractivity contribution in [1.29, 1.82) is 0 Å². The smallest absolute Gasteiger partial charge is 0.321 e.